The van der Waals surface area contributed by atoms with Crippen LogP contribution < -0.4 is 17.0 Å². The fraction of sp³-hybridized carbons (Fsp3) is 0.522. The molecule has 2 unspecified atom stereocenters. The fourth-order valence-electron chi connectivity index (χ4n) is 5.76. The van der Waals surface area contributed by atoms with Crippen LogP contribution in [0.2, 0.25) is 0 Å². The molecule has 2 fully saturated rings. The van der Waals surface area contributed by atoms with Crippen molar-refractivity contribution in [3.05, 3.63) is 35.3 Å². The van der Waals surface area contributed by atoms with E-state index in [-0.39, 0.29) is 42.3 Å². The van der Waals surface area contributed by atoms with E-state index in [1.807, 2.05) is 12.3 Å². The minimum Gasteiger partial charge on any atom is -0.383 e. The molecule has 6 rings (SSSR count). The predicted molar refractivity (Wildman–Crippen MR) is 150 cm³/mol. The van der Waals surface area contributed by atoms with Crippen molar-refractivity contribution >= 4 is 50.5 Å². The number of methoxy groups -OCH3 is 1. The monoisotopic (exact) mass is 637 g/mol. The van der Waals surface area contributed by atoms with Crippen LogP contribution in [0.25, 0.3) is 22.2 Å². The average Bonchev–Trinajstić information content (AvgIpc) is 3.75. The lowest BCUT2D eigenvalue weighted by molar-refractivity contribution is -0.0486. The average molecular weight is 637 g/mol. The van der Waals surface area contributed by atoms with Gasteiger partial charge in [0.2, 0.25) is 5.95 Å². The molecule has 1 saturated heterocycles. The SMILES string of the molecule is CO[C@H]1[C@@H](O[P+](=O)OC[C@@H]2CC[C@H](n3ccc4c(N)ncnc43)C2)[C@H](n2cnc3c(=O)[nH]c(N)nc32)O[C@@H]1CO[P+](=O)O. The van der Waals surface area contributed by atoms with Crippen molar-refractivity contribution in [2.75, 3.05) is 31.8 Å². The minimum atomic E-state index is -2.93. The number of hydrogen-bond donors (Lipinski definition) is 4. The first-order valence-corrected chi connectivity index (χ1v) is 15.5. The number of aromatic nitrogens is 7. The van der Waals surface area contributed by atoms with Crippen LogP contribution in [0, 0.1) is 5.92 Å². The fourth-order valence-corrected chi connectivity index (χ4v) is 6.85. The molecule has 4 aromatic rings. The lowest BCUT2D eigenvalue weighted by Crippen LogP contribution is -2.36. The Kier molecular flexibility index (Phi) is 8.44. The molecule has 0 aromatic carbocycles. The number of H-pyrrole nitrogens is 1. The van der Waals surface area contributed by atoms with Gasteiger partial charge in [-0.3, -0.25) is 14.3 Å². The summed E-state index contributed by atoms with van der Waals surface area (Å²) in [6, 6.07) is 2.06. The van der Waals surface area contributed by atoms with Gasteiger partial charge in [-0.2, -0.15) is 4.98 Å². The lowest BCUT2D eigenvalue weighted by Gasteiger charge is -2.18. The molecular formula is C23H29N9O9P2+2. The van der Waals surface area contributed by atoms with Crippen LogP contribution in [0.5, 0.6) is 0 Å². The first-order chi connectivity index (χ1) is 20.7. The van der Waals surface area contributed by atoms with E-state index in [1.54, 1.807) is 0 Å². The Morgan fingerprint density at radius 1 is 1.12 bits per heavy atom. The highest BCUT2D eigenvalue weighted by molar-refractivity contribution is 7.33. The molecule has 20 heteroatoms. The number of rotatable bonds is 11. The summed E-state index contributed by atoms with van der Waals surface area (Å²) in [5.74, 6) is 0.382. The summed E-state index contributed by atoms with van der Waals surface area (Å²) in [5.41, 5.74) is 12.0. The zero-order chi connectivity index (χ0) is 30.2. The Bertz CT molecular complexity index is 1730. The second-order valence-electron chi connectivity index (χ2n) is 10.2. The Labute approximate surface area is 244 Å². The van der Waals surface area contributed by atoms with Crippen LogP contribution in [-0.2, 0) is 32.2 Å². The standard InChI is InChI=1S/C23H27N9O9P2/c1-37-16-14(8-38-42(34)35)40-22(32-10-28-15-20(32)29-23(25)30-21(15)33)17(16)41-43(36)39-7-11-2-3-12(6-11)31-5-4-13-18(24)26-9-27-19(13)31/h4-5,9-12,14,16-17,22H,2-3,6-8H2,1H3,(H4-2,24,25,26,27,29,30,33,34,35)/p+2/t11-,12+,14-,16-,17-,22-/m1/s1. The molecule has 0 bridgehead atoms. The van der Waals surface area contributed by atoms with Crippen LogP contribution in [0.4, 0.5) is 11.8 Å². The largest absolute Gasteiger partial charge is 0.697 e. The highest BCUT2D eigenvalue weighted by Crippen LogP contribution is 2.43. The van der Waals surface area contributed by atoms with Gasteiger partial charge in [-0.05, 0) is 31.2 Å². The third kappa shape index (κ3) is 5.88. The summed E-state index contributed by atoms with van der Waals surface area (Å²) in [6.07, 6.45) is 3.18. The maximum atomic E-state index is 13.1. The van der Waals surface area contributed by atoms with Crippen molar-refractivity contribution in [3.63, 3.8) is 0 Å². The van der Waals surface area contributed by atoms with Gasteiger partial charge in [-0.15, -0.1) is 18.5 Å². The molecule has 5 heterocycles. The molecule has 0 spiro atoms. The van der Waals surface area contributed by atoms with Gasteiger partial charge in [-0.1, -0.05) is 0 Å². The highest BCUT2D eigenvalue weighted by Gasteiger charge is 2.53. The maximum absolute atomic E-state index is 13.1. The molecule has 2 aliphatic rings. The molecule has 1 aliphatic carbocycles. The van der Waals surface area contributed by atoms with Gasteiger partial charge >= 0.3 is 16.5 Å². The molecule has 1 saturated carbocycles. The number of anilines is 2. The van der Waals surface area contributed by atoms with E-state index >= 15 is 0 Å². The van der Waals surface area contributed by atoms with Gasteiger partial charge in [0.05, 0.1) is 11.7 Å². The third-order valence-electron chi connectivity index (χ3n) is 7.70. The van der Waals surface area contributed by atoms with Crippen molar-refractivity contribution in [3.8, 4) is 0 Å². The van der Waals surface area contributed by atoms with Crippen LogP contribution in [0.15, 0.2) is 29.7 Å². The zero-order valence-electron chi connectivity index (χ0n) is 22.8. The molecule has 43 heavy (non-hydrogen) atoms. The van der Waals surface area contributed by atoms with Gasteiger partial charge in [0.15, 0.2) is 23.5 Å². The van der Waals surface area contributed by atoms with Crippen LogP contribution in [0.3, 0.4) is 0 Å². The van der Waals surface area contributed by atoms with E-state index in [0.717, 1.165) is 30.3 Å². The quantitative estimate of drug-likeness (QED) is 0.171. The lowest BCUT2D eigenvalue weighted by atomic mass is 10.1. The first kappa shape index (κ1) is 29.6. The highest BCUT2D eigenvalue weighted by atomic mass is 31.1. The van der Waals surface area contributed by atoms with E-state index in [1.165, 1.54) is 24.3 Å². The number of imidazole rings is 1. The van der Waals surface area contributed by atoms with Crippen LogP contribution >= 0.6 is 16.5 Å². The molecule has 0 radical (unpaired) electrons. The van der Waals surface area contributed by atoms with Crippen molar-refractivity contribution in [2.24, 2.45) is 5.92 Å². The number of aromatic amines is 1. The summed E-state index contributed by atoms with van der Waals surface area (Å²) >= 11 is 0. The summed E-state index contributed by atoms with van der Waals surface area (Å²) in [5, 5.41) is 0.794. The van der Waals surface area contributed by atoms with Gasteiger partial charge < -0.3 is 25.5 Å². The Hall–Kier alpha value is -3.47. The van der Waals surface area contributed by atoms with Crippen molar-refractivity contribution in [1.29, 1.82) is 0 Å². The molecule has 18 nitrogen and oxygen atoms in total. The number of nitrogens with two attached hydrogens (primary N) is 2. The molecule has 1 aliphatic heterocycles. The number of ether oxygens (including phenoxy) is 2. The Morgan fingerprint density at radius 2 is 1.95 bits per heavy atom. The number of nitrogens with one attached hydrogen (secondary N) is 1. The van der Waals surface area contributed by atoms with E-state index in [4.69, 9.17) is 39.4 Å². The predicted octanol–water partition coefficient (Wildman–Crippen LogP) is 1.71. The molecule has 4 aromatic heterocycles. The van der Waals surface area contributed by atoms with Crippen molar-refractivity contribution in [1.82, 2.24) is 34.1 Å². The number of nitrogens with zero attached hydrogens (tertiary/aromatic N) is 6. The Balaban J connectivity index is 1.15. The molecular weight excluding hydrogens is 608 g/mol. The maximum Gasteiger partial charge on any atom is 0.697 e. The smallest absolute Gasteiger partial charge is 0.383 e. The Morgan fingerprint density at radius 3 is 2.74 bits per heavy atom. The number of nitrogen functional groups attached to an aromatic ring is 2. The summed E-state index contributed by atoms with van der Waals surface area (Å²) < 4.78 is 55.8. The van der Waals surface area contributed by atoms with Gasteiger partial charge in [0, 0.05) is 28.5 Å². The number of hydrogen-bond acceptors (Lipinski definition) is 14. The number of fused-ring (bicyclic) bond motifs is 2. The van der Waals surface area contributed by atoms with E-state index in [0.29, 0.717) is 5.82 Å². The van der Waals surface area contributed by atoms with Gasteiger partial charge in [0.1, 0.15) is 43.2 Å². The van der Waals surface area contributed by atoms with Crippen LogP contribution in [-0.4, -0.2) is 77.6 Å². The zero-order valence-corrected chi connectivity index (χ0v) is 24.5. The third-order valence-corrected chi connectivity index (χ3v) is 8.85. The molecule has 8 atom stereocenters. The van der Waals surface area contributed by atoms with Gasteiger partial charge in [0.25, 0.3) is 5.56 Å². The second kappa shape index (κ2) is 12.3. The summed E-state index contributed by atoms with van der Waals surface area (Å²) in [7, 11) is -4.23. The van der Waals surface area contributed by atoms with Crippen molar-refractivity contribution < 1.29 is 37.1 Å². The summed E-state index contributed by atoms with van der Waals surface area (Å²) in [4.78, 5) is 40.5. The minimum absolute atomic E-state index is 0.00954. The molecule has 228 valence electrons. The summed E-state index contributed by atoms with van der Waals surface area (Å²) in [6.45, 7) is -0.161. The van der Waals surface area contributed by atoms with Crippen LogP contribution in [0.1, 0.15) is 31.5 Å². The van der Waals surface area contributed by atoms with E-state index in [2.05, 4.69) is 29.5 Å². The molecule has 0 amide bonds. The van der Waals surface area contributed by atoms with Gasteiger partial charge in [-0.25, -0.2) is 15.0 Å². The van der Waals surface area contributed by atoms with Crippen molar-refractivity contribution in [2.45, 2.75) is 49.8 Å². The topological polar surface area (TPSA) is 247 Å². The van der Waals surface area contributed by atoms with E-state index in [9.17, 15) is 13.9 Å². The molecule has 6 N–H and O–H groups in total. The second-order valence-corrected chi connectivity index (χ2v) is 11.9. The first-order valence-electron chi connectivity index (χ1n) is 13.3. The van der Waals surface area contributed by atoms with E-state index < -0.39 is 46.6 Å². The normalized spacial score (nSPS) is 26.5.